The number of aromatic nitrogens is 3. The Balaban J connectivity index is 1.43. The van der Waals surface area contributed by atoms with Crippen LogP contribution in [0.25, 0.3) is 21.3 Å². The van der Waals surface area contributed by atoms with E-state index >= 15 is 0 Å². The maximum atomic E-state index is 12.3. The van der Waals surface area contributed by atoms with Crippen LogP contribution in [0, 0.1) is 0 Å². The van der Waals surface area contributed by atoms with E-state index in [1.807, 2.05) is 24.3 Å². The van der Waals surface area contributed by atoms with Gasteiger partial charge in [0.15, 0.2) is 11.7 Å². The average Bonchev–Trinajstić information content (AvgIpc) is 3.07. The Morgan fingerprint density at radius 3 is 2.69 bits per heavy atom. The van der Waals surface area contributed by atoms with E-state index in [1.165, 1.54) is 17.5 Å². The summed E-state index contributed by atoms with van der Waals surface area (Å²) in [4.78, 5) is 36.9. The molecule has 1 amide bonds. The molecule has 128 valence electrons. The molecule has 1 N–H and O–H groups in total. The maximum absolute atomic E-state index is 12.3. The molecule has 0 aliphatic carbocycles. The van der Waals surface area contributed by atoms with Crippen LogP contribution in [-0.2, 0) is 9.53 Å². The molecule has 2 aromatic heterocycles. The van der Waals surface area contributed by atoms with Gasteiger partial charge in [0.2, 0.25) is 0 Å². The second kappa shape index (κ2) is 6.85. The average molecular weight is 364 g/mol. The molecule has 2 aromatic carbocycles. The molecule has 0 aliphatic heterocycles. The van der Waals surface area contributed by atoms with E-state index in [-0.39, 0.29) is 5.56 Å². The lowest BCUT2D eigenvalue weighted by Gasteiger charge is -2.06. The SMILES string of the molecule is O=C(COC(=O)c1cccc2nccnc12)Nc1nc2ccccc2s1. The second-order valence-corrected chi connectivity index (χ2v) is 6.37. The number of ether oxygens (including phenoxy) is 1. The minimum absolute atomic E-state index is 0.267. The number of thiazole rings is 1. The maximum Gasteiger partial charge on any atom is 0.340 e. The summed E-state index contributed by atoms with van der Waals surface area (Å²) in [5, 5.41) is 3.10. The van der Waals surface area contributed by atoms with Crippen LogP contribution in [-0.4, -0.2) is 33.4 Å². The summed E-state index contributed by atoms with van der Waals surface area (Å²) in [6.45, 7) is -0.411. The molecular weight excluding hydrogens is 352 g/mol. The van der Waals surface area contributed by atoms with Crippen molar-refractivity contribution in [1.29, 1.82) is 0 Å². The zero-order valence-corrected chi connectivity index (χ0v) is 14.2. The molecule has 8 heteroatoms. The molecule has 0 unspecified atom stereocenters. The number of carbonyl (C=O) groups is 2. The molecule has 7 nitrogen and oxygen atoms in total. The van der Waals surface area contributed by atoms with E-state index < -0.39 is 18.5 Å². The summed E-state index contributed by atoms with van der Waals surface area (Å²) < 4.78 is 6.07. The molecule has 2 heterocycles. The van der Waals surface area contributed by atoms with Crippen LogP contribution < -0.4 is 5.32 Å². The van der Waals surface area contributed by atoms with Gasteiger partial charge in [-0.2, -0.15) is 0 Å². The Labute approximate surface area is 151 Å². The van der Waals surface area contributed by atoms with Gasteiger partial charge < -0.3 is 4.74 Å². The molecule has 0 radical (unpaired) electrons. The Bertz CT molecular complexity index is 1090. The predicted octanol–water partition coefficient (Wildman–Crippen LogP) is 3.04. The Morgan fingerprint density at radius 2 is 1.81 bits per heavy atom. The first kappa shape index (κ1) is 16.1. The third kappa shape index (κ3) is 3.22. The number of rotatable bonds is 4. The first-order valence-electron chi connectivity index (χ1n) is 7.73. The highest BCUT2D eigenvalue weighted by Crippen LogP contribution is 2.25. The minimum Gasteiger partial charge on any atom is -0.452 e. The predicted molar refractivity (Wildman–Crippen MR) is 98.1 cm³/mol. The van der Waals surface area contributed by atoms with Crippen molar-refractivity contribution in [3.63, 3.8) is 0 Å². The Hall–Kier alpha value is -3.39. The van der Waals surface area contributed by atoms with Crippen LogP contribution in [0.4, 0.5) is 5.13 Å². The van der Waals surface area contributed by atoms with E-state index in [4.69, 9.17) is 4.74 Å². The number of carbonyl (C=O) groups excluding carboxylic acids is 2. The monoisotopic (exact) mass is 364 g/mol. The molecule has 26 heavy (non-hydrogen) atoms. The number of hydrogen-bond donors (Lipinski definition) is 1. The van der Waals surface area contributed by atoms with Crippen molar-refractivity contribution < 1.29 is 14.3 Å². The Morgan fingerprint density at radius 1 is 1.00 bits per heavy atom. The number of fused-ring (bicyclic) bond motifs is 2. The number of nitrogens with zero attached hydrogens (tertiary/aromatic N) is 3. The zero-order valence-electron chi connectivity index (χ0n) is 13.4. The fourth-order valence-corrected chi connectivity index (χ4v) is 3.33. The van der Waals surface area contributed by atoms with E-state index in [2.05, 4.69) is 20.3 Å². The van der Waals surface area contributed by atoms with E-state index in [0.29, 0.717) is 16.2 Å². The van der Waals surface area contributed by atoms with Crippen molar-refractivity contribution in [2.45, 2.75) is 0 Å². The second-order valence-electron chi connectivity index (χ2n) is 5.34. The van der Waals surface area contributed by atoms with Crippen molar-refractivity contribution in [2.24, 2.45) is 0 Å². The first-order valence-corrected chi connectivity index (χ1v) is 8.54. The van der Waals surface area contributed by atoms with Gasteiger partial charge in [0.05, 0.1) is 21.3 Å². The summed E-state index contributed by atoms with van der Waals surface area (Å²) in [5.74, 6) is -1.08. The van der Waals surface area contributed by atoms with Crippen molar-refractivity contribution in [3.8, 4) is 0 Å². The third-order valence-electron chi connectivity index (χ3n) is 3.59. The van der Waals surface area contributed by atoms with Gasteiger partial charge in [-0.25, -0.2) is 9.78 Å². The molecule has 0 aliphatic rings. The van der Waals surface area contributed by atoms with E-state index in [9.17, 15) is 9.59 Å². The summed E-state index contributed by atoms with van der Waals surface area (Å²) in [6, 6.07) is 12.6. The van der Waals surface area contributed by atoms with E-state index in [1.54, 1.807) is 24.4 Å². The molecular formula is C18H12N4O3S. The first-order chi connectivity index (χ1) is 12.7. The van der Waals surface area contributed by atoms with Crippen LogP contribution in [0.2, 0.25) is 0 Å². The molecule has 0 saturated carbocycles. The number of nitrogens with one attached hydrogen (secondary N) is 1. The highest BCUT2D eigenvalue weighted by atomic mass is 32.1. The van der Waals surface area contributed by atoms with Crippen LogP contribution >= 0.6 is 11.3 Å². The molecule has 0 fully saturated rings. The highest BCUT2D eigenvalue weighted by Gasteiger charge is 2.15. The summed E-state index contributed by atoms with van der Waals surface area (Å²) in [6.07, 6.45) is 3.04. The molecule has 0 bridgehead atoms. The van der Waals surface area contributed by atoms with Gasteiger partial charge in [0, 0.05) is 12.4 Å². The van der Waals surface area contributed by atoms with Crippen molar-refractivity contribution in [3.05, 3.63) is 60.4 Å². The zero-order chi connectivity index (χ0) is 17.9. The van der Waals surface area contributed by atoms with Gasteiger partial charge in [0.1, 0.15) is 5.52 Å². The molecule has 4 aromatic rings. The summed E-state index contributed by atoms with van der Waals surface area (Å²) >= 11 is 1.36. The number of hydrogen-bond acceptors (Lipinski definition) is 7. The smallest absolute Gasteiger partial charge is 0.340 e. The number of benzene rings is 2. The van der Waals surface area contributed by atoms with Crippen LogP contribution in [0.3, 0.4) is 0 Å². The van der Waals surface area contributed by atoms with Gasteiger partial charge >= 0.3 is 5.97 Å². The fourth-order valence-electron chi connectivity index (χ4n) is 2.45. The number of amides is 1. The van der Waals surface area contributed by atoms with Crippen LogP contribution in [0.15, 0.2) is 54.9 Å². The topological polar surface area (TPSA) is 94.1 Å². The normalized spacial score (nSPS) is 10.8. The van der Waals surface area contributed by atoms with Gasteiger partial charge in [-0.1, -0.05) is 29.5 Å². The quantitative estimate of drug-likeness (QED) is 0.559. The number of esters is 1. The summed E-state index contributed by atoms with van der Waals surface area (Å²) in [5.41, 5.74) is 2.09. The molecule has 0 saturated heterocycles. The molecule has 0 spiro atoms. The van der Waals surface area contributed by atoms with E-state index in [0.717, 1.165) is 10.2 Å². The molecule has 0 atom stereocenters. The summed E-state index contributed by atoms with van der Waals surface area (Å²) in [7, 11) is 0. The fraction of sp³-hybridized carbons (Fsp3) is 0.0556. The lowest BCUT2D eigenvalue weighted by Crippen LogP contribution is -2.21. The number of para-hydroxylation sites is 2. The standard InChI is InChI=1S/C18H12N4O3S/c23-15(22-18-21-12-5-1-2-7-14(12)26-18)10-25-17(24)11-4-3-6-13-16(11)20-9-8-19-13/h1-9H,10H2,(H,21,22,23). The number of anilines is 1. The van der Waals surface area contributed by atoms with Crippen molar-refractivity contribution >= 4 is 49.6 Å². The van der Waals surface area contributed by atoms with Gasteiger partial charge in [0.25, 0.3) is 5.91 Å². The van der Waals surface area contributed by atoms with Crippen molar-refractivity contribution in [2.75, 3.05) is 11.9 Å². The highest BCUT2D eigenvalue weighted by molar-refractivity contribution is 7.22. The van der Waals surface area contributed by atoms with Gasteiger partial charge in [-0.05, 0) is 24.3 Å². The minimum atomic E-state index is -0.629. The van der Waals surface area contributed by atoms with Gasteiger partial charge in [-0.15, -0.1) is 0 Å². The lowest BCUT2D eigenvalue weighted by atomic mass is 10.2. The Kier molecular flexibility index (Phi) is 4.24. The van der Waals surface area contributed by atoms with Crippen LogP contribution in [0.5, 0.6) is 0 Å². The van der Waals surface area contributed by atoms with Crippen molar-refractivity contribution in [1.82, 2.24) is 15.0 Å². The van der Waals surface area contributed by atoms with Crippen LogP contribution in [0.1, 0.15) is 10.4 Å². The van der Waals surface area contributed by atoms with Gasteiger partial charge in [-0.3, -0.25) is 20.1 Å². The largest absolute Gasteiger partial charge is 0.452 e. The molecule has 4 rings (SSSR count). The lowest BCUT2D eigenvalue weighted by molar-refractivity contribution is -0.119. The third-order valence-corrected chi connectivity index (χ3v) is 4.54.